The fourth-order valence-corrected chi connectivity index (χ4v) is 5.70. The summed E-state index contributed by atoms with van der Waals surface area (Å²) < 4.78 is 20.1. The van der Waals surface area contributed by atoms with Gasteiger partial charge in [-0.3, -0.25) is 9.80 Å². The number of benzene rings is 2. The molecule has 3 unspecified atom stereocenters. The molecule has 32 heavy (non-hydrogen) atoms. The quantitative estimate of drug-likeness (QED) is 0.591. The van der Waals surface area contributed by atoms with Gasteiger partial charge in [-0.25, -0.2) is 14.4 Å². The second kappa shape index (κ2) is 7.36. The van der Waals surface area contributed by atoms with E-state index in [1.54, 1.807) is 24.5 Å². The highest BCUT2D eigenvalue weighted by atomic mass is 19.1. The summed E-state index contributed by atoms with van der Waals surface area (Å²) in [4.78, 5) is 14.4. The molecule has 0 radical (unpaired) electrons. The molecule has 1 saturated carbocycles. The predicted molar refractivity (Wildman–Crippen MR) is 122 cm³/mol. The molecule has 3 aliphatic rings. The Balaban J connectivity index is 1.45. The van der Waals surface area contributed by atoms with E-state index in [0.717, 1.165) is 26.1 Å². The third-order valence-corrected chi connectivity index (χ3v) is 7.28. The van der Waals surface area contributed by atoms with Crippen LogP contribution in [0.4, 0.5) is 16.0 Å². The summed E-state index contributed by atoms with van der Waals surface area (Å²) >= 11 is 0. The number of rotatable bonds is 3. The number of morpholine rings is 1. The first-order chi connectivity index (χ1) is 15.6. The molecule has 3 heterocycles. The summed E-state index contributed by atoms with van der Waals surface area (Å²) in [6.45, 7) is 5.95. The van der Waals surface area contributed by atoms with E-state index < -0.39 is 0 Å². The number of ether oxygens (including phenoxy) is 1. The molecule has 5 nitrogen and oxygen atoms in total. The lowest BCUT2D eigenvalue weighted by Gasteiger charge is -2.47. The van der Waals surface area contributed by atoms with Gasteiger partial charge in [0.2, 0.25) is 5.95 Å². The number of hydrogen-bond acceptors (Lipinski definition) is 5. The molecule has 2 fully saturated rings. The fourth-order valence-electron chi connectivity index (χ4n) is 5.70. The number of nitrogens with zero attached hydrogens (tertiary/aromatic N) is 4. The highest BCUT2D eigenvalue weighted by Gasteiger charge is 2.62. The molecule has 2 aliphatic heterocycles. The van der Waals surface area contributed by atoms with Gasteiger partial charge >= 0.3 is 0 Å². The Morgan fingerprint density at radius 3 is 2.28 bits per heavy atom. The lowest BCUT2D eigenvalue weighted by atomic mass is 9.93. The van der Waals surface area contributed by atoms with Gasteiger partial charge in [-0.05, 0) is 44.4 Å². The lowest BCUT2D eigenvalue weighted by Crippen LogP contribution is -2.61. The third-order valence-electron chi connectivity index (χ3n) is 7.28. The summed E-state index contributed by atoms with van der Waals surface area (Å²) in [5.74, 6) is 0.401. The van der Waals surface area contributed by atoms with Crippen molar-refractivity contribution in [3.8, 4) is 11.1 Å². The van der Waals surface area contributed by atoms with Crippen LogP contribution in [-0.2, 0) is 10.2 Å². The van der Waals surface area contributed by atoms with E-state index in [1.807, 2.05) is 6.07 Å². The van der Waals surface area contributed by atoms with Gasteiger partial charge in [0.05, 0.1) is 13.2 Å². The fraction of sp³-hybridized carbons (Fsp3) is 0.385. The lowest BCUT2D eigenvalue weighted by molar-refractivity contribution is -0.0624. The van der Waals surface area contributed by atoms with Crippen molar-refractivity contribution in [1.82, 2.24) is 14.9 Å². The number of halogens is 1. The molecule has 0 bridgehead atoms. The zero-order valence-corrected chi connectivity index (χ0v) is 18.4. The third kappa shape index (κ3) is 2.90. The van der Waals surface area contributed by atoms with E-state index in [2.05, 4.69) is 47.9 Å². The summed E-state index contributed by atoms with van der Waals surface area (Å²) in [5.41, 5.74) is 3.87. The van der Waals surface area contributed by atoms with Crippen molar-refractivity contribution in [3.63, 3.8) is 0 Å². The van der Waals surface area contributed by atoms with Crippen LogP contribution < -0.4 is 4.90 Å². The first kappa shape index (κ1) is 19.8. The molecule has 6 rings (SSSR count). The van der Waals surface area contributed by atoms with Crippen LogP contribution in [-0.4, -0.2) is 46.3 Å². The van der Waals surface area contributed by atoms with E-state index in [0.29, 0.717) is 29.2 Å². The average molecular weight is 431 g/mol. The van der Waals surface area contributed by atoms with Crippen LogP contribution in [0.2, 0.25) is 0 Å². The largest absolute Gasteiger partial charge is 0.378 e. The minimum atomic E-state index is -0.263. The van der Waals surface area contributed by atoms with Crippen LogP contribution in [0.15, 0.2) is 60.9 Å². The zero-order chi connectivity index (χ0) is 21.9. The Morgan fingerprint density at radius 1 is 0.938 bits per heavy atom. The molecular weight excluding hydrogens is 403 g/mol. The molecule has 0 amide bonds. The molecular formula is C26H27FN4O. The Kier molecular flexibility index (Phi) is 4.56. The number of hydrogen-bond donors (Lipinski definition) is 0. The van der Waals surface area contributed by atoms with Gasteiger partial charge in [0.1, 0.15) is 12.0 Å². The second-order valence-corrected chi connectivity index (χ2v) is 9.35. The summed E-state index contributed by atoms with van der Waals surface area (Å²) in [6, 6.07) is 16.0. The summed E-state index contributed by atoms with van der Waals surface area (Å²) in [7, 11) is 0. The first-order valence-corrected chi connectivity index (χ1v) is 11.4. The van der Waals surface area contributed by atoms with E-state index in [1.165, 1.54) is 17.3 Å². The molecule has 3 aromatic rings. The molecule has 2 aromatic carbocycles. The molecule has 1 saturated heterocycles. The van der Waals surface area contributed by atoms with Crippen LogP contribution in [0.3, 0.4) is 0 Å². The van der Waals surface area contributed by atoms with E-state index in [-0.39, 0.29) is 17.4 Å². The number of anilines is 2. The maximum Gasteiger partial charge on any atom is 0.231 e. The van der Waals surface area contributed by atoms with Crippen LogP contribution in [0.1, 0.15) is 32.3 Å². The Labute approximate surface area is 187 Å². The highest BCUT2D eigenvalue weighted by molar-refractivity contribution is 5.73. The van der Waals surface area contributed by atoms with Gasteiger partial charge in [0.25, 0.3) is 0 Å². The van der Waals surface area contributed by atoms with Crippen LogP contribution in [0.5, 0.6) is 0 Å². The SMILES string of the molecule is CC1COCC(C)N1C1N(c2ncc(-c3ccccc3F)cn2)c2ccccc2C12CC2. The number of aromatic nitrogens is 2. The topological polar surface area (TPSA) is 41.5 Å². The minimum Gasteiger partial charge on any atom is -0.378 e. The maximum absolute atomic E-state index is 14.3. The second-order valence-electron chi connectivity index (χ2n) is 9.35. The van der Waals surface area contributed by atoms with E-state index in [4.69, 9.17) is 14.7 Å². The van der Waals surface area contributed by atoms with Gasteiger partial charge in [-0.2, -0.15) is 0 Å². The van der Waals surface area contributed by atoms with Gasteiger partial charge < -0.3 is 4.74 Å². The highest BCUT2D eigenvalue weighted by Crippen LogP contribution is 2.62. The van der Waals surface area contributed by atoms with Crippen LogP contribution >= 0.6 is 0 Å². The monoisotopic (exact) mass is 430 g/mol. The van der Waals surface area contributed by atoms with Crippen LogP contribution in [0.25, 0.3) is 11.1 Å². The molecule has 164 valence electrons. The van der Waals surface area contributed by atoms with E-state index >= 15 is 0 Å². The first-order valence-electron chi connectivity index (χ1n) is 11.4. The Hall–Kier alpha value is -2.83. The summed E-state index contributed by atoms with van der Waals surface area (Å²) in [6.07, 6.45) is 5.95. The maximum atomic E-state index is 14.3. The van der Waals surface area contributed by atoms with Crippen LogP contribution in [0, 0.1) is 5.82 Å². The molecule has 1 aromatic heterocycles. The van der Waals surface area contributed by atoms with Crippen molar-refractivity contribution in [2.24, 2.45) is 0 Å². The predicted octanol–water partition coefficient (Wildman–Crippen LogP) is 4.90. The molecule has 1 spiro atoms. The Morgan fingerprint density at radius 2 is 1.59 bits per heavy atom. The zero-order valence-electron chi connectivity index (χ0n) is 18.4. The molecule has 3 atom stereocenters. The average Bonchev–Trinajstić information content (AvgIpc) is 3.55. The number of para-hydroxylation sites is 1. The van der Waals surface area contributed by atoms with Gasteiger partial charge in [0, 0.05) is 46.7 Å². The number of fused-ring (bicyclic) bond motifs is 2. The van der Waals surface area contributed by atoms with Gasteiger partial charge in [-0.15, -0.1) is 0 Å². The summed E-state index contributed by atoms with van der Waals surface area (Å²) in [5, 5.41) is 0. The van der Waals surface area contributed by atoms with Crippen molar-refractivity contribution >= 4 is 11.6 Å². The van der Waals surface area contributed by atoms with Crippen molar-refractivity contribution in [2.45, 2.75) is 50.4 Å². The minimum absolute atomic E-state index is 0.101. The molecule has 1 aliphatic carbocycles. The Bertz CT molecular complexity index is 1140. The standard InChI is InChI=1S/C26H27FN4O/c1-17-15-32-16-18(2)30(17)24-26(11-12-26)21-8-4-6-10-23(21)31(24)25-28-13-19(14-29-25)20-7-3-5-9-22(20)27/h3-10,13-14,17-18,24H,11-12,15-16H2,1-2H3. The van der Waals surface area contributed by atoms with E-state index in [9.17, 15) is 4.39 Å². The van der Waals surface area contributed by atoms with Gasteiger partial charge in [-0.1, -0.05) is 36.4 Å². The smallest absolute Gasteiger partial charge is 0.231 e. The van der Waals surface area contributed by atoms with Crippen molar-refractivity contribution in [1.29, 1.82) is 0 Å². The van der Waals surface area contributed by atoms with Gasteiger partial charge in [0.15, 0.2) is 0 Å². The van der Waals surface area contributed by atoms with Crippen molar-refractivity contribution in [2.75, 3.05) is 18.1 Å². The molecule has 0 N–H and O–H groups in total. The normalized spacial score (nSPS) is 26.3. The van der Waals surface area contributed by atoms with Crippen molar-refractivity contribution in [3.05, 3.63) is 72.3 Å². The van der Waals surface area contributed by atoms with Crippen molar-refractivity contribution < 1.29 is 9.13 Å². The molecule has 6 heteroatoms.